The normalized spacial score (nSPS) is 14.8. The van der Waals surface area contributed by atoms with Gasteiger partial charge in [-0.25, -0.2) is 4.68 Å². The minimum Gasteiger partial charge on any atom is -0.337 e. The smallest absolute Gasteiger partial charge is 0.276 e. The molecule has 0 spiro atoms. The molecule has 0 radical (unpaired) electrons. The van der Waals surface area contributed by atoms with Gasteiger partial charge in [-0.3, -0.25) is 4.79 Å². The van der Waals surface area contributed by atoms with Crippen LogP contribution in [0.4, 0.5) is 0 Å². The Balaban J connectivity index is 0.00000280. The summed E-state index contributed by atoms with van der Waals surface area (Å²) in [6.07, 6.45) is 3.73. The average Bonchev–Trinajstić information content (AvgIpc) is 3.10. The average molecular weight is 426 g/mol. The third-order valence-corrected chi connectivity index (χ3v) is 5.33. The van der Waals surface area contributed by atoms with Crippen LogP contribution in [0.15, 0.2) is 24.3 Å². The molecule has 8 heteroatoms. The zero-order valence-electron chi connectivity index (χ0n) is 16.5. The topological polar surface area (TPSA) is 63.1 Å². The number of piperidine rings is 1. The van der Waals surface area contributed by atoms with E-state index in [1.807, 2.05) is 29.2 Å². The Labute approximate surface area is 178 Å². The van der Waals surface area contributed by atoms with Gasteiger partial charge >= 0.3 is 0 Å². The van der Waals surface area contributed by atoms with E-state index in [9.17, 15) is 4.79 Å². The van der Waals surface area contributed by atoms with Crippen LogP contribution in [0.3, 0.4) is 0 Å². The molecule has 1 aromatic carbocycles. The largest absolute Gasteiger partial charge is 0.337 e. The zero-order chi connectivity index (χ0) is 19.2. The fraction of sp³-hybridized carbons (Fsp3) is 0.550. The second-order valence-electron chi connectivity index (χ2n) is 7.07. The number of halogens is 2. The molecule has 154 valence electrons. The van der Waals surface area contributed by atoms with Crippen LogP contribution in [0.5, 0.6) is 0 Å². The van der Waals surface area contributed by atoms with Crippen LogP contribution >= 0.6 is 24.0 Å². The summed E-state index contributed by atoms with van der Waals surface area (Å²) in [6, 6.07) is 7.48. The number of nitrogens with one attached hydrogen (secondary N) is 1. The molecule has 6 nitrogen and oxygen atoms in total. The van der Waals surface area contributed by atoms with E-state index in [2.05, 4.69) is 29.5 Å². The number of hydrogen-bond acceptors (Lipinski definition) is 4. The van der Waals surface area contributed by atoms with Crippen LogP contribution in [0.2, 0.25) is 5.02 Å². The molecule has 1 amide bonds. The number of amides is 1. The highest BCUT2D eigenvalue weighted by Gasteiger charge is 2.28. The van der Waals surface area contributed by atoms with Crippen molar-refractivity contribution in [2.45, 2.75) is 39.5 Å². The Morgan fingerprint density at radius 1 is 1.29 bits per heavy atom. The molecular formula is C20H29Cl2N5O. The molecule has 1 saturated heterocycles. The summed E-state index contributed by atoms with van der Waals surface area (Å²) in [5.41, 5.74) is 2.17. The summed E-state index contributed by atoms with van der Waals surface area (Å²) >= 11 is 6.12. The lowest BCUT2D eigenvalue weighted by Crippen LogP contribution is -2.41. The summed E-state index contributed by atoms with van der Waals surface area (Å²) in [7, 11) is 0. The van der Waals surface area contributed by atoms with Crippen molar-refractivity contribution in [1.29, 1.82) is 0 Å². The number of benzene rings is 1. The fourth-order valence-corrected chi connectivity index (χ4v) is 3.77. The first kappa shape index (κ1) is 22.7. The van der Waals surface area contributed by atoms with E-state index < -0.39 is 0 Å². The maximum atomic E-state index is 13.1. The Hall–Kier alpha value is -1.63. The van der Waals surface area contributed by atoms with E-state index in [0.717, 1.165) is 63.2 Å². The van der Waals surface area contributed by atoms with Crippen LogP contribution in [0, 0.1) is 5.92 Å². The second-order valence-corrected chi connectivity index (χ2v) is 7.51. The van der Waals surface area contributed by atoms with Gasteiger partial charge in [0.1, 0.15) is 0 Å². The van der Waals surface area contributed by atoms with Crippen LogP contribution in [-0.2, 0) is 6.42 Å². The van der Waals surface area contributed by atoms with Crippen LogP contribution in [-0.4, -0.2) is 52.0 Å². The number of carbonyl (C=O) groups is 1. The highest BCUT2D eigenvalue weighted by molar-refractivity contribution is 6.30. The lowest BCUT2D eigenvalue weighted by atomic mass is 9.96. The molecule has 3 rings (SSSR count). The fourth-order valence-electron chi connectivity index (χ4n) is 3.58. The van der Waals surface area contributed by atoms with Crippen LogP contribution in [0.1, 0.15) is 49.3 Å². The van der Waals surface area contributed by atoms with E-state index in [1.54, 1.807) is 4.68 Å². The van der Waals surface area contributed by atoms with Gasteiger partial charge in [0.2, 0.25) is 0 Å². The summed E-state index contributed by atoms with van der Waals surface area (Å²) in [4.78, 5) is 15.0. The Morgan fingerprint density at radius 2 is 2.04 bits per heavy atom. The predicted octanol–water partition coefficient (Wildman–Crippen LogP) is 3.76. The summed E-state index contributed by atoms with van der Waals surface area (Å²) < 4.78 is 1.75. The van der Waals surface area contributed by atoms with Crippen molar-refractivity contribution in [2.75, 3.05) is 26.2 Å². The Bertz CT molecular complexity index is 772. The standard InChI is InChI=1S/C20H28ClN5O.ClH/c1-3-6-18-19(23-24-26(18)17-8-5-7-16(21)13-17)20(27)25-11-9-15(10-12-25)14-22-4-2;/h5,7-8,13,15,22H,3-4,6,9-12,14H2,1-2H3;1H. The molecule has 2 heterocycles. The number of rotatable bonds is 7. The lowest BCUT2D eigenvalue weighted by molar-refractivity contribution is 0.0683. The number of aromatic nitrogens is 3. The molecule has 1 aromatic heterocycles. The van der Waals surface area contributed by atoms with Gasteiger partial charge < -0.3 is 10.2 Å². The van der Waals surface area contributed by atoms with Gasteiger partial charge in [0, 0.05) is 18.1 Å². The molecule has 1 N–H and O–H groups in total. The quantitative estimate of drug-likeness (QED) is 0.733. The summed E-state index contributed by atoms with van der Waals surface area (Å²) in [5, 5.41) is 12.6. The molecule has 0 saturated carbocycles. The van der Waals surface area contributed by atoms with E-state index in [-0.39, 0.29) is 18.3 Å². The predicted molar refractivity (Wildman–Crippen MR) is 115 cm³/mol. The van der Waals surface area contributed by atoms with Crippen molar-refractivity contribution in [2.24, 2.45) is 5.92 Å². The lowest BCUT2D eigenvalue weighted by Gasteiger charge is -2.31. The molecule has 0 unspecified atom stereocenters. The third-order valence-electron chi connectivity index (χ3n) is 5.09. The highest BCUT2D eigenvalue weighted by atomic mass is 35.5. The van der Waals surface area contributed by atoms with Gasteiger partial charge in [0.05, 0.1) is 11.4 Å². The van der Waals surface area contributed by atoms with E-state index in [4.69, 9.17) is 11.6 Å². The van der Waals surface area contributed by atoms with Crippen LogP contribution < -0.4 is 5.32 Å². The van der Waals surface area contributed by atoms with Gasteiger partial charge in [-0.2, -0.15) is 0 Å². The van der Waals surface area contributed by atoms with Gasteiger partial charge in [-0.1, -0.05) is 43.1 Å². The Kier molecular flexibility index (Phi) is 8.73. The monoisotopic (exact) mass is 425 g/mol. The third kappa shape index (κ3) is 5.25. The zero-order valence-corrected chi connectivity index (χ0v) is 18.1. The molecule has 0 atom stereocenters. The minimum atomic E-state index is -0.00590. The van der Waals surface area contributed by atoms with E-state index in [0.29, 0.717) is 16.6 Å². The maximum absolute atomic E-state index is 13.1. The molecule has 0 aliphatic carbocycles. The van der Waals surface area contributed by atoms with Crippen molar-refractivity contribution in [1.82, 2.24) is 25.2 Å². The molecule has 1 fully saturated rings. The van der Waals surface area contributed by atoms with Gasteiger partial charge in [-0.05, 0) is 56.5 Å². The van der Waals surface area contributed by atoms with Gasteiger partial charge in [0.25, 0.3) is 5.91 Å². The highest BCUT2D eigenvalue weighted by Crippen LogP contribution is 2.22. The molecule has 2 aromatic rings. The number of nitrogens with zero attached hydrogens (tertiary/aromatic N) is 4. The first-order chi connectivity index (χ1) is 13.1. The second kappa shape index (κ2) is 10.8. The molecule has 0 bridgehead atoms. The number of likely N-dealkylation sites (tertiary alicyclic amines) is 1. The summed E-state index contributed by atoms with van der Waals surface area (Å²) in [5.74, 6) is 0.639. The van der Waals surface area contributed by atoms with Gasteiger partial charge in [0.15, 0.2) is 5.69 Å². The van der Waals surface area contributed by atoms with Gasteiger partial charge in [-0.15, -0.1) is 17.5 Å². The first-order valence-corrected chi connectivity index (χ1v) is 10.2. The molecule has 28 heavy (non-hydrogen) atoms. The molecule has 1 aliphatic rings. The maximum Gasteiger partial charge on any atom is 0.276 e. The number of carbonyl (C=O) groups excluding carboxylic acids is 1. The van der Waals surface area contributed by atoms with E-state index >= 15 is 0 Å². The minimum absolute atomic E-state index is 0. The summed E-state index contributed by atoms with van der Waals surface area (Å²) in [6.45, 7) is 7.80. The van der Waals surface area contributed by atoms with Crippen molar-refractivity contribution < 1.29 is 4.79 Å². The SMILES string of the molecule is CCCc1c(C(=O)N2CCC(CNCC)CC2)nnn1-c1cccc(Cl)c1.Cl. The Morgan fingerprint density at radius 3 is 2.68 bits per heavy atom. The van der Waals surface area contributed by atoms with Crippen molar-refractivity contribution in [3.05, 3.63) is 40.7 Å². The number of hydrogen-bond donors (Lipinski definition) is 1. The molecule has 1 aliphatic heterocycles. The van der Waals surface area contributed by atoms with E-state index in [1.165, 1.54) is 0 Å². The van der Waals surface area contributed by atoms with Crippen molar-refractivity contribution >= 4 is 29.9 Å². The van der Waals surface area contributed by atoms with Crippen molar-refractivity contribution in [3.63, 3.8) is 0 Å². The molecular weight excluding hydrogens is 397 g/mol. The first-order valence-electron chi connectivity index (χ1n) is 9.84. The van der Waals surface area contributed by atoms with Crippen molar-refractivity contribution in [3.8, 4) is 5.69 Å². The van der Waals surface area contributed by atoms with Crippen LogP contribution in [0.25, 0.3) is 5.69 Å².